The van der Waals surface area contributed by atoms with Crippen molar-refractivity contribution in [2.45, 2.75) is 19.3 Å². The molecule has 0 heterocycles. The Morgan fingerprint density at radius 2 is 1.33 bits per heavy atom. The molecule has 70 valence electrons. The number of rotatable bonds is 0. The van der Waals surface area contributed by atoms with E-state index in [4.69, 9.17) is 0 Å². The fourth-order valence-electron chi connectivity index (χ4n) is 3.33. The summed E-state index contributed by atoms with van der Waals surface area (Å²) in [6.07, 6.45) is 3.78. The topological polar surface area (TPSA) is 0 Å². The van der Waals surface area contributed by atoms with Crippen molar-refractivity contribution in [3.63, 3.8) is 0 Å². The highest BCUT2D eigenvalue weighted by atomic mass is 14.4. The highest BCUT2D eigenvalue weighted by Gasteiger charge is 2.40. The van der Waals surface area contributed by atoms with Crippen LogP contribution >= 0.6 is 0 Å². The van der Waals surface area contributed by atoms with Gasteiger partial charge < -0.3 is 0 Å². The van der Waals surface area contributed by atoms with Crippen LogP contribution in [0.15, 0.2) is 24.3 Å². The van der Waals surface area contributed by atoms with Crippen LogP contribution in [0.3, 0.4) is 0 Å². The molecule has 0 unspecified atom stereocenters. The maximum Gasteiger partial charge on any atom is -0.00104 e. The van der Waals surface area contributed by atoms with Crippen molar-refractivity contribution in [2.75, 3.05) is 0 Å². The first-order valence-electron chi connectivity index (χ1n) is 5.70. The minimum atomic E-state index is 1.20. The number of benzene rings is 2. The molecule has 0 fully saturated rings. The van der Waals surface area contributed by atoms with Crippen molar-refractivity contribution in [1.29, 1.82) is 0 Å². The predicted octanol–water partition coefficient (Wildman–Crippen LogP) is 3.07. The highest BCUT2D eigenvalue weighted by molar-refractivity contribution is 5.89. The molecule has 2 aromatic rings. The Balaban J connectivity index is 1.96. The lowest BCUT2D eigenvalue weighted by atomic mass is 10.1. The van der Waals surface area contributed by atoms with Crippen molar-refractivity contribution in [2.24, 2.45) is 0 Å². The molecular formula is C15H10. The second-order valence-corrected chi connectivity index (χ2v) is 4.96. The Labute approximate surface area is 88.6 Å². The van der Waals surface area contributed by atoms with Crippen LogP contribution in [-0.4, -0.2) is 0 Å². The van der Waals surface area contributed by atoms with Gasteiger partial charge in [-0.3, -0.25) is 0 Å². The standard InChI is InChI=1S/C15H10/c1-2-4-9-8(3-1)5-13-11-6-10(11)12-7-14(12)15(9)13/h1-4H,5-7H2. The molecule has 3 aliphatic carbocycles. The Morgan fingerprint density at radius 1 is 0.667 bits per heavy atom. The summed E-state index contributed by atoms with van der Waals surface area (Å²) in [4.78, 5) is 0. The quantitative estimate of drug-likeness (QED) is 0.352. The zero-order chi connectivity index (χ0) is 9.57. The van der Waals surface area contributed by atoms with Crippen LogP contribution in [0.4, 0.5) is 0 Å². The number of hydrogen-bond donors (Lipinski definition) is 0. The average Bonchev–Trinajstić information content (AvgIpc) is 3.12. The number of fused-ring (bicyclic) bond motifs is 8. The largest absolute Gasteiger partial charge is 0.0619 e. The van der Waals surface area contributed by atoms with Gasteiger partial charge in [-0.2, -0.15) is 0 Å². The van der Waals surface area contributed by atoms with Crippen LogP contribution in [0, 0.1) is 0 Å². The average molecular weight is 190 g/mol. The monoisotopic (exact) mass is 190 g/mol. The third-order valence-corrected chi connectivity index (χ3v) is 4.17. The molecule has 0 radical (unpaired) electrons. The lowest BCUT2D eigenvalue weighted by Crippen LogP contribution is -1.78. The van der Waals surface area contributed by atoms with E-state index in [0.717, 1.165) is 0 Å². The zero-order valence-corrected chi connectivity index (χ0v) is 8.43. The van der Waals surface area contributed by atoms with E-state index in [0.29, 0.717) is 0 Å². The summed E-state index contributed by atoms with van der Waals surface area (Å²) < 4.78 is 0. The maximum absolute atomic E-state index is 2.30. The van der Waals surface area contributed by atoms with Crippen molar-refractivity contribution in [3.05, 3.63) is 57.6 Å². The maximum atomic E-state index is 2.30. The van der Waals surface area contributed by atoms with Crippen LogP contribution in [0.5, 0.6) is 0 Å². The molecule has 0 heteroatoms. The molecule has 0 spiro atoms. The molecule has 0 amide bonds. The van der Waals surface area contributed by atoms with Gasteiger partial charge in [-0.1, -0.05) is 24.3 Å². The van der Waals surface area contributed by atoms with E-state index in [1.165, 1.54) is 24.8 Å². The van der Waals surface area contributed by atoms with E-state index >= 15 is 0 Å². The summed E-state index contributed by atoms with van der Waals surface area (Å²) in [6.45, 7) is 0. The van der Waals surface area contributed by atoms with Crippen molar-refractivity contribution < 1.29 is 0 Å². The van der Waals surface area contributed by atoms with Gasteiger partial charge >= 0.3 is 0 Å². The lowest BCUT2D eigenvalue weighted by molar-refractivity contribution is 1.25. The second-order valence-electron chi connectivity index (χ2n) is 4.96. The van der Waals surface area contributed by atoms with Gasteiger partial charge in [0.25, 0.3) is 0 Å². The minimum absolute atomic E-state index is 1.20. The van der Waals surface area contributed by atoms with Crippen molar-refractivity contribution in [1.82, 2.24) is 0 Å². The summed E-state index contributed by atoms with van der Waals surface area (Å²) in [5, 5.41) is 0. The van der Waals surface area contributed by atoms with Crippen LogP contribution < -0.4 is 0 Å². The van der Waals surface area contributed by atoms with E-state index in [1.54, 1.807) is 38.9 Å². The summed E-state index contributed by atoms with van der Waals surface area (Å²) >= 11 is 0. The van der Waals surface area contributed by atoms with Gasteiger partial charge in [0.1, 0.15) is 0 Å². The van der Waals surface area contributed by atoms with Crippen molar-refractivity contribution >= 4 is 0 Å². The smallest absolute Gasteiger partial charge is 0.00104 e. The normalized spacial score (nSPS) is 16.5. The van der Waals surface area contributed by atoms with Crippen LogP contribution in [0.1, 0.15) is 33.4 Å². The van der Waals surface area contributed by atoms with E-state index in [-0.39, 0.29) is 0 Å². The molecule has 0 bridgehead atoms. The number of hydrogen-bond acceptors (Lipinski definition) is 0. The Hall–Kier alpha value is -1.56. The van der Waals surface area contributed by atoms with Crippen LogP contribution in [0.25, 0.3) is 11.1 Å². The van der Waals surface area contributed by atoms with Gasteiger partial charge in [0.05, 0.1) is 0 Å². The highest BCUT2D eigenvalue weighted by Crippen LogP contribution is 2.55. The molecule has 0 N–H and O–H groups in total. The van der Waals surface area contributed by atoms with Gasteiger partial charge in [0.15, 0.2) is 0 Å². The van der Waals surface area contributed by atoms with E-state index in [2.05, 4.69) is 24.3 Å². The minimum Gasteiger partial charge on any atom is -0.0619 e. The molecule has 2 aromatic carbocycles. The van der Waals surface area contributed by atoms with Crippen molar-refractivity contribution in [3.8, 4) is 11.1 Å². The molecule has 3 aliphatic rings. The Kier molecular flexibility index (Phi) is 0.856. The summed E-state index contributed by atoms with van der Waals surface area (Å²) in [5.41, 5.74) is 13.1. The SMILES string of the molecule is c1ccc2c(c1)Cc1c3c(c4c(c1-2)C4)C3. The second kappa shape index (κ2) is 1.88. The molecule has 0 saturated heterocycles. The molecule has 15 heavy (non-hydrogen) atoms. The van der Waals surface area contributed by atoms with Gasteiger partial charge in [0.2, 0.25) is 0 Å². The first kappa shape index (κ1) is 6.84. The summed E-state index contributed by atoms with van der Waals surface area (Å²) in [7, 11) is 0. The van der Waals surface area contributed by atoms with E-state index in [9.17, 15) is 0 Å². The lowest BCUT2D eigenvalue weighted by Gasteiger charge is -1.98. The van der Waals surface area contributed by atoms with Gasteiger partial charge in [-0.25, -0.2) is 0 Å². The van der Waals surface area contributed by atoms with Gasteiger partial charge in [-0.05, 0) is 63.8 Å². The molecule has 0 atom stereocenters. The Morgan fingerprint density at radius 3 is 2.27 bits per heavy atom. The molecule has 0 aliphatic heterocycles. The van der Waals surface area contributed by atoms with Crippen LogP contribution in [0.2, 0.25) is 0 Å². The van der Waals surface area contributed by atoms with E-state index in [1.807, 2.05) is 0 Å². The van der Waals surface area contributed by atoms with Gasteiger partial charge in [-0.15, -0.1) is 0 Å². The fraction of sp³-hybridized carbons (Fsp3) is 0.200. The third kappa shape index (κ3) is 0.657. The summed E-state index contributed by atoms with van der Waals surface area (Å²) in [6, 6.07) is 8.93. The molecule has 5 rings (SSSR count). The molecule has 0 aromatic heterocycles. The molecule has 0 saturated carbocycles. The van der Waals surface area contributed by atoms with Gasteiger partial charge in [0, 0.05) is 0 Å². The first-order chi connectivity index (χ1) is 7.43. The third-order valence-electron chi connectivity index (χ3n) is 4.17. The van der Waals surface area contributed by atoms with Crippen LogP contribution in [-0.2, 0) is 19.3 Å². The first-order valence-corrected chi connectivity index (χ1v) is 5.70. The van der Waals surface area contributed by atoms with E-state index < -0.39 is 0 Å². The predicted molar refractivity (Wildman–Crippen MR) is 60.3 cm³/mol. The fourth-order valence-corrected chi connectivity index (χ4v) is 3.33. The summed E-state index contributed by atoms with van der Waals surface area (Å²) in [5.74, 6) is 0. The molecule has 0 nitrogen and oxygen atoms in total. The molecular weight excluding hydrogens is 180 g/mol. The Bertz CT molecular complexity index is 648. The zero-order valence-electron chi connectivity index (χ0n) is 8.43.